The number of hydrogen-bond acceptors (Lipinski definition) is 3. The second-order valence-corrected chi connectivity index (χ2v) is 9.32. The van der Waals surface area contributed by atoms with Crippen LogP contribution in [0.15, 0.2) is 72.8 Å². The number of rotatable bonds is 9. The van der Waals surface area contributed by atoms with Gasteiger partial charge in [0.25, 0.3) is 0 Å². The van der Waals surface area contributed by atoms with Crippen molar-refractivity contribution < 1.29 is 14.6 Å². The Labute approximate surface area is 214 Å². The lowest BCUT2D eigenvalue weighted by atomic mass is 9.89. The first-order valence-corrected chi connectivity index (χ1v) is 12.1. The van der Waals surface area contributed by atoms with E-state index in [4.69, 9.17) is 33.0 Å². The maximum absolute atomic E-state index is 11.3. The van der Waals surface area contributed by atoms with E-state index in [1.54, 1.807) is 13.2 Å². The molecule has 0 fully saturated rings. The molecule has 0 amide bonds. The van der Waals surface area contributed by atoms with Gasteiger partial charge in [-0.3, -0.25) is 4.79 Å². The summed E-state index contributed by atoms with van der Waals surface area (Å²) < 4.78 is 7.18. The number of ether oxygens (including phenoxy) is 1. The molecule has 7 heteroatoms. The van der Waals surface area contributed by atoms with Crippen molar-refractivity contribution in [2.75, 3.05) is 7.11 Å². The van der Waals surface area contributed by atoms with Gasteiger partial charge in [-0.25, -0.2) is 4.68 Å². The van der Waals surface area contributed by atoms with E-state index < -0.39 is 5.97 Å². The Hall–Kier alpha value is -3.28. The van der Waals surface area contributed by atoms with E-state index in [1.807, 2.05) is 66.2 Å². The van der Waals surface area contributed by atoms with Gasteiger partial charge >= 0.3 is 5.97 Å². The molecule has 1 aromatic heterocycles. The first kappa shape index (κ1) is 24.8. The number of methoxy groups -OCH3 is 1. The highest BCUT2D eigenvalue weighted by Gasteiger charge is 2.19. The number of benzene rings is 3. The molecule has 5 nitrogen and oxygen atoms in total. The third kappa shape index (κ3) is 6.05. The van der Waals surface area contributed by atoms with Crippen LogP contribution in [0.5, 0.6) is 5.75 Å². The van der Waals surface area contributed by atoms with E-state index in [9.17, 15) is 9.90 Å². The third-order valence-corrected chi connectivity index (χ3v) is 6.71. The van der Waals surface area contributed by atoms with E-state index in [0.29, 0.717) is 22.9 Å². The second-order valence-electron chi connectivity index (χ2n) is 8.51. The lowest BCUT2D eigenvalue weighted by Crippen LogP contribution is -2.08. The Balaban J connectivity index is 1.76. The lowest BCUT2D eigenvalue weighted by Gasteiger charge is -2.16. The van der Waals surface area contributed by atoms with Crippen LogP contribution in [0.4, 0.5) is 0 Å². The number of carboxylic acid groups (broad SMARTS) is 1. The second kappa shape index (κ2) is 11.0. The summed E-state index contributed by atoms with van der Waals surface area (Å²) in [6.07, 6.45) is 1.22. The van der Waals surface area contributed by atoms with Crippen molar-refractivity contribution in [2.45, 2.75) is 32.1 Å². The van der Waals surface area contributed by atoms with Gasteiger partial charge in [0.1, 0.15) is 5.75 Å². The molecule has 0 spiro atoms. The number of aryl methyl sites for hydroxylation is 1. The predicted molar refractivity (Wildman–Crippen MR) is 140 cm³/mol. The van der Waals surface area contributed by atoms with Gasteiger partial charge in [-0.2, -0.15) is 5.10 Å². The maximum Gasteiger partial charge on any atom is 0.303 e. The number of aromatic nitrogens is 2. The minimum atomic E-state index is -0.803. The van der Waals surface area contributed by atoms with Crippen LogP contribution in [0, 0.1) is 6.92 Å². The summed E-state index contributed by atoms with van der Waals surface area (Å²) in [6, 6.07) is 23.4. The molecule has 180 valence electrons. The first-order chi connectivity index (χ1) is 16.8. The van der Waals surface area contributed by atoms with Gasteiger partial charge in [-0.15, -0.1) is 0 Å². The molecule has 4 rings (SSSR count). The molecule has 3 aromatic carbocycles. The molecule has 0 aliphatic heterocycles. The Morgan fingerprint density at radius 2 is 1.80 bits per heavy atom. The van der Waals surface area contributed by atoms with Crippen LogP contribution >= 0.6 is 23.2 Å². The van der Waals surface area contributed by atoms with E-state index >= 15 is 0 Å². The molecule has 0 aliphatic rings. The summed E-state index contributed by atoms with van der Waals surface area (Å²) in [7, 11) is 1.63. The predicted octanol–water partition coefficient (Wildman–Crippen LogP) is 7.35. The molecule has 0 saturated carbocycles. The van der Waals surface area contributed by atoms with Gasteiger partial charge in [0, 0.05) is 12.0 Å². The third-order valence-electron chi connectivity index (χ3n) is 5.97. The molecule has 0 radical (unpaired) electrons. The normalized spacial score (nSPS) is 11.9. The zero-order chi connectivity index (χ0) is 24.9. The first-order valence-electron chi connectivity index (χ1n) is 11.3. The molecule has 0 bridgehead atoms. The quantitative estimate of drug-likeness (QED) is 0.256. The number of carbonyl (C=O) groups is 1. The fraction of sp³-hybridized carbons (Fsp3) is 0.214. The molecule has 0 aliphatic carbocycles. The number of hydrogen-bond donors (Lipinski definition) is 1. The Morgan fingerprint density at radius 3 is 2.46 bits per heavy atom. The van der Waals surface area contributed by atoms with Crippen molar-refractivity contribution in [3.05, 3.63) is 99.7 Å². The van der Waals surface area contributed by atoms with Gasteiger partial charge in [0.2, 0.25) is 0 Å². The zero-order valence-electron chi connectivity index (χ0n) is 19.5. The fourth-order valence-corrected chi connectivity index (χ4v) is 4.47. The minimum absolute atomic E-state index is 0.0203. The smallest absolute Gasteiger partial charge is 0.303 e. The van der Waals surface area contributed by atoms with Crippen molar-refractivity contribution >= 4 is 29.2 Å². The molecule has 1 atom stereocenters. The monoisotopic (exact) mass is 508 g/mol. The molecular weight excluding hydrogens is 483 g/mol. The summed E-state index contributed by atoms with van der Waals surface area (Å²) in [5.41, 5.74) is 5.73. The molecular formula is C28H26Cl2N2O3. The molecule has 35 heavy (non-hydrogen) atoms. The van der Waals surface area contributed by atoms with Gasteiger partial charge in [0.05, 0.1) is 34.2 Å². The number of aliphatic carboxylic acids is 1. The largest absolute Gasteiger partial charge is 0.497 e. The summed E-state index contributed by atoms with van der Waals surface area (Å²) >= 11 is 12.5. The highest BCUT2D eigenvalue weighted by molar-refractivity contribution is 6.42. The van der Waals surface area contributed by atoms with Crippen LogP contribution < -0.4 is 4.74 Å². The standard InChI is InChI=1S/C28H26Cl2N2O3/c1-18-4-3-5-19(14-18)20(7-13-28(33)34)15-22-17-27(21-6-12-25(29)26(30)16-21)32(31-22)23-8-10-24(35-2)11-9-23/h3-6,8-12,14,16-17,20H,7,13,15H2,1-2H3,(H,33,34). The highest BCUT2D eigenvalue weighted by atomic mass is 35.5. The van der Waals surface area contributed by atoms with Gasteiger partial charge in [0.15, 0.2) is 0 Å². The van der Waals surface area contributed by atoms with E-state index in [-0.39, 0.29) is 12.3 Å². The summed E-state index contributed by atoms with van der Waals surface area (Å²) in [6.45, 7) is 2.04. The zero-order valence-corrected chi connectivity index (χ0v) is 21.1. The summed E-state index contributed by atoms with van der Waals surface area (Å²) in [4.78, 5) is 11.3. The van der Waals surface area contributed by atoms with Crippen LogP contribution in [0.3, 0.4) is 0 Å². The van der Waals surface area contributed by atoms with Crippen LogP contribution in [0.25, 0.3) is 16.9 Å². The summed E-state index contributed by atoms with van der Waals surface area (Å²) in [5.74, 6) is -0.0276. The summed E-state index contributed by atoms with van der Waals surface area (Å²) in [5, 5.41) is 15.2. The van der Waals surface area contributed by atoms with Gasteiger partial charge in [-0.05, 0) is 73.7 Å². The number of halogens is 2. The van der Waals surface area contributed by atoms with Crippen LogP contribution in [-0.4, -0.2) is 28.0 Å². The van der Waals surface area contributed by atoms with E-state index in [1.165, 1.54) is 0 Å². The van der Waals surface area contributed by atoms with Crippen molar-refractivity contribution in [3.8, 4) is 22.7 Å². The van der Waals surface area contributed by atoms with Crippen LogP contribution in [0.2, 0.25) is 10.0 Å². The number of nitrogens with zero attached hydrogens (tertiary/aromatic N) is 2. The van der Waals surface area contributed by atoms with Crippen LogP contribution in [-0.2, 0) is 11.2 Å². The van der Waals surface area contributed by atoms with E-state index in [2.05, 4.69) is 12.1 Å². The van der Waals surface area contributed by atoms with Crippen molar-refractivity contribution in [1.82, 2.24) is 9.78 Å². The Bertz CT molecular complexity index is 1330. The minimum Gasteiger partial charge on any atom is -0.497 e. The fourth-order valence-electron chi connectivity index (χ4n) is 4.17. The highest BCUT2D eigenvalue weighted by Crippen LogP contribution is 2.33. The average Bonchev–Trinajstić information content (AvgIpc) is 3.27. The van der Waals surface area contributed by atoms with Crippen molar-refractivity contribution in [1.29, 1.82) is 0 Å². The molecule has 4 aromatic rings. The topological polar surface area (TPSA) is 64.4 Å². The van der Waals surface area contributed by atoms with Gasteiger partial charge in [-0.1, -0.05) is 59.1 Å². The van der Waals surface area contributed by atoms with Crippen molar-refractivity contribution in [2.24, 2.45) is 0 Å². The lowest BCUT2D eigenvalue weighted by molar-refractivity contribution is -0.137. The molecule has 1 heterocycles. The van der Waals surface area contributed by atoms with Crippen LogP contribution in [0.1, 0.15) is 35.6 Å². The van der Waals surface area contributed by atoms with E-state index in [0.717, 1.165) is 39.5 Å². The maximum atomic E-state index is 11.3. The Morgan fingerprint density at radius 1 is 1.03 bits per heavy atom. The Kier molecular flexibility index (Phi) is 7.79. The van der Waals surface area contributed by atoms with Gasteiger partial charge < -0.3 is 9.84 Å². The molecule has 1 N–H and O–H groups in total. The molecule has 1 unspecified atom stereocenters. The molecule has 0 saturated heterocycles. The van der Waals surface area contributed by atoms with Crippen molar-refractivity contribution in [3.63, 3.8) is 0 Å². The SMILES string of the molecule is COc1ccc(-n2nc(CC(CCC(=O)O)c3cccc(C)c3)cc2-c2ccc(Cl)c(Cl)c2)cc1. The average molecular weight is 509 g/mol. The number of carboxylic acids is 1.